The van der Waals surface area contributed by atoms with Gasteiger partial charge in [0.05, 0.1) is 6.04 Å². The normalized spacial score (nSPS) is 12.8. The Hall–Kier alpha value is -2.06. The van der Waals surface area contributed by atoms with Crippen LogP contribution in [0.5, 0.6) is 0 Å². The quantitative estimate of drug-likeness (QED) is 0.576. The van der Waals surface area contributed by atoms with Gasteiger partial charge in [-0.1, -0.05) is 75.4 Å². The molecule has 0 aromatic heterocycles. The molecule has 2 heteroatoms. The summed E-state index contributed by atoms with van der Waals surface area (Å²) in [5.41, 5.74) is 10.5. The van der Waals surface area contributed by atoms with E-state index >= 15 is 0 Å². The van der Waals surface area contributed by atoms with Crippen LogP contribution in [0.15, 0.2) is 66.7 Å². The van der Waals surface area contributed by atoms with E-state index in [1.165, 1.54) is 16.7 Å². The number of nitrogens with two attached hydrogens (primary N) is 1. The Morgan fingerprint density at radius 3 is 2.22 bits per heavy atom. The van der Waals surface area contributed by atoms with Gasteiger partial charge in [0.2, 0.25) is 0 Å². The fourth-order valence-corrected chi connectivity index (χ4v) is 2.78. The fraction of sp³-hybridized carbons (Fsp3) is 0.333. The molecule has 0 heterocycles. The van der Waals surface area contributed by atoms with Crippen molar-refractivity contribution in [2.45, 2.75) is 39.8 Å². The first-order chi connectivity index (χ1) is 10.8. The molecule has 0 aliphatic heterocycles. The third kappa shape index (κ3) is 5.57. The molecule has 0 bridgehead atoms. The van der Waals surface area contributed by atoms with Crippen molar-refractivity contribution in [2.24, 2.45) is 5.41 Å². The lowest BCUT2D eigenvalue weighted by Crippen LogP contribution is -2.24. The van der Waals surface area contributed by atoms with Crippen molar-refractivity contribution in [3.63, 3.8) is 0 Å². The summed E-state index contributed by atoms with van der Waals surface area (Å²) >= 11 is 0. The lowest BCUT2D eigenvalue weighted by molar-refractivity contribution is 0.390. The highest BCUT2D eigenvalue weighted by atomic mass is 14.9. The molecule has 0 spiro atoms. The molecule has 0 amide bonds. The number of hydrogen-bond donors (Lipinski definition) is 2. The Kier molecular flexibility index (Phi) is 5.62. The summed E-state index contributed by atoms with van der Waals surface area (Å²) in [5.74, 6) is 0. The number of benzene rings is 2. The van der Waals surface area contributed by atoms with Crippen molar-refractivity contribution < 1.29 is 0 Å². The van der Waals surface area contributed by atoms with Gasteiger partial charge in [-0.15, -0.1) is 0 Å². The van der Waals surface area contributed by atoms with Crippen LogP contribution in [0.25, 0.3) is 0 Å². The molecule has 2 aromatic rings. The lowest BCUT2D eigenvalue weighted by atomic mass is 9.84. The van der Waals surface area contributed by atoms with Crippen LogP contribution < -0.4 is 11.1 Å². The summed E-state index contributed by atoms with van der Waals surface area (Å²) in [7, 11) is 0. The summed E-state index contributed by atoms with van der Waals surface area (Å²) in [6.07, 6.45) is 0.987. The fourth-order valence-electron chi connectivity index (χ4n) is 2.78. The van der Waals surface area contributed by atoms with Crippen molar-refractivity contribution in [2.75, 3.05) is 5.73 Å². The molecule has 0 saturated heterocycles. The standard InChI is InChI=1S/C21H28N2/c1-16(14-21(2,3)4)20(18-8-6-5-7-9-18)23-15-17-10-12-19(22)13-11-17/h5-13,20,23H,1,14-15,22H2,2-4H3. The monoisotopic (exact) mass is 308 g/mol. The summed E-state index contributed by atoms with van der Waals surface area (Å²) < 4.78 is 0. The van der Waals surface area contributed by atoms with Crippen molar-refractivity contribution in [1.82, 2.24) is 5.32 Å². The second kappa shape index (κ2) is 7.47. The Morgan fingerprint density at radius 2 is 1.65 bits per heavy atom. The number of nitrogen functional groups attached to an aromatic ring is 1. The van der Waals surface area contributed by atoms with Gasteiger partial charge in [0, 0.05) is 12.2 Å². The molecule has 0 fully saturated rings. The highest BCUT2D eigenvalue weighted by molar-refractivity contribution is 5.39. The van der Waals surface area contributed by atoms with Crippen molar-refractivity contribution in [3.05, 3.63) is 77.9 Å². The molecule has 23 heavy (non-hydrogen) atoms. The van der Waals surface area contributed by atoms with Crippen molar-refractivity contribution in [1.29, 1.82) is 0 Å². The van der Waals surface area contributed by atoms with Crippen molar-refractivity contribution in [3.8, 4) is 0 Å². The molecule has 2 nitrogen and oxygen atoms in total. The van der Waals surface area contributed by atoms with E-state index in [-0.39, 0.29) is 11.5 Å². The van der Waals surface area contributed by atoms with Crippen LogP contribution in [0.3, 0.4) is 0 Å². The summed E-state index contributed by atoms with van der Waals surface area (Å²) in [6.45, 7) is 11.9. The highest BCUT2D eigenvalue weighted by Gasteiger charge is 2.20. The molecule has 0 aliphatic carbocycles. The van der Waals surface area contributed by atoms with E-state index in [1.807, 2.05) is 18.2 Å². The van der Waals surface area contributed by atoms with Crippen molar-refractivity contribution >= 4 is 5.69 Å². The Bertz CT molecular complexity index is 621. The van der Waals surface area contributed by atoms with Crippen LogP contribution in [0, 0.1) is 5.41 Å². The predicted octanol–water partition coefficient (Wildman–Crippen LogP) is 5.09. The molecule has 1 unspecified atom stereocenters. The first-order valence-corrected chi connectivity index (χ1v) is 8.15. The van der Waals surface area contributed by atoms with Crippen LogP contribution in [0.4, 0.5) is 5.69 Å². The van der Waals surface area contributed by atoms with Gasteiger partial charge < -0.3 is 11.1 Å². The molecular weight excluding hydrogens is 280 g/mol. The van der Waals surface area contributed by atoms with Crippen LogP contribution in [0.1, 0.15) is 44.4 Å². The topological polar surface area (TPSA) is 38.0 Å². The first-order valence-electron chi connectivity index (χ1n) is 8.15. The molecule has 2 rings (SSSR count). The zero-order valence-corrected chi connectivity index (χ0v) is 14.5. The first kappa shape index (κ1) is 17.3. The minimum atomic E-state index is 0.160. The third-order valence-corrected chi connectivity index (χ3v) is 3.79. The highest BCUT2D eigenvalue weighted by Crippen LogP contribution is 2.31. The van der Waals surface area contributed by atoms with Gasteiger partial charge in [0.15, 0.2) is 0 Å². The zero-order chi connectivity index (χ0) is 16.9. The van der Waals surface area contributed by atoms with E-state index in [0.717, 1.165) is 18.7 Å². The summed E-state index contributed by atoms with van der Waals surface area (Å²) in [5, 5.41) is 3.65. The lowest BCUT2D eigenvalue weighted by Gasteiger charge is -2.27. The van der Waals surface area contributed by atoms with Crippen LogP contribution in [0.2, 0.25) is 0 Å². The van der Waals surface area contributed by atoms with Gasteiger partial charge >= 0.3 is 0 Å². The number of anilines is 1. The Morgan fingerprint density at radius 1 is 1.04 bits per heavy atom. The number of rotatable bonds is 6. The summed E-state index contributed by atoms with van der Waals surface area (Å²) in [4.78, 5) is 0. The van der Waals surface area contributed by atoms with Crippen LogP contribution in [-0.4, -0.2) is 0 Å². The summed E-state index contributed by atoms with van der Waals surface area (Å²) in [6, 6.07) is 18.7. The van der Waals surface area contributed by atoms with E-state index in [1.54, 1.807) is 0 Å². The zero-order valence-electron chi connectivity index (χ0n) is 14.5. The van der Waals surface area contributed by atoms with Crippen LogP contribution in [-0.2, 0) is 6.54 Å². The molecule has 3 N–H and O–H groups in total. The predicted molar refractivity (Wildman–Crippen MR) is 100 cm³/mol. The molecule has 1 atom stereocenters. The van der Waals surface area contributed by atoms with Gasteiger partial charge in [-0.3, -0.25) is 0 Å². The molecule has 122 valence electrons. The average Bonchev–Trinajstić information content (AvgIpc) is 2.48. The molecular formula is C21H28N2. The minimum Gasteiger partial charge on any atom is -0.399 e. The molecule has 0 saturated carbocycles. The Balaban J connectivity index is 2.13. The maximum absolute atomic E-state index is 5.76. The molecule has 2 aromatic carbocycles. The van der Waals surface area contributed by atoms with Gasteiger partial charge in [-0.25, -0.2) is 0 Å². The van der Waals surface area contributed by atoms with Crippen LogP contribution >= 0.6 is 0 Å². The molecule has 0 radical (unpaired) electrons. The van der Waals surface area contributed by atoms with E-state index in [9.17, 15) is 0 Å². The van der Waals surface area contributed by atoms with Gasteiger partial charge in [-0.05, 0) is 35.1 Å². The van der Waals surface area contributed by atoms with E-state index in [4.69, 9.17) is 5.73 Å². The van der Waals surface area contributed by atoms with Gasteiger partial charge in [0.1, 0.15) is 0 Å². The maximum Gasteiger partial charge on any atom is 0.0536 e. The largest absolute Gasteiger partial charge is 0.399 e. The van der Waals surface area contributed by atoms with E-state index < -0.39 is 0 Å². The second-order valence-corrected chi connectivity index (χ2v) is 7.36. The smallest absolute Gasteiger partial charge is 0.0536 e. The number of hydrogen-bond acceptors (Lipinski definition) is 2. The van der Waals surface area contributed by atoms with E-state index in [2.05, 4.69) is 69.1 Å². The molecule has 0 aliphatic rings. The van der Waals surface area contributed by atoms with E-state index in [0.29, 0.717) is 0 Å². The Labute approximate surface area is 140 Å². The van der Waals surface area contributed by atoms with Gasteiger partial charge in [0.25, 0.3) is 0 Å². The third-order valence-electron chi connectivity index (χ3n) is 3.79. The second-order valence-electron chi connectivity index (χ2n) is 7.36. The SMILES string of the molecule is C=C(CC(C)(C)C)C(NCc1ccc(N)cc1)c1ccccc1. The average molecular weight is 308 g/mol. The maximum atomic E-state index is 5.76. The number of nitrogens with one attached hydrogen (secondary N) is 1. The van der Waals surface area contributed by atoms with Gasteiger partial charge in [-0.2, -0.15) is 0 Å². The minimum absolute atomic E-state index is 0.160.